The lowest BCUT2D eigenvalue weighted by Crippen LogP contribution is -2.20. The van der Waals surface area contributed by atoms with Crippen molar-refractivity contribution < 1.29 is 18.9 Å². The maximum atomic E-state index is 5.64. The van der Waals surface area contributed by atoms with Gasteiger partial charge in [0.2, 0.25) is 0 Å². The molecule has 0 amide bonds. The van der Waals surface area contributed by atoms with E-state index < -0.39 is 0 Å². The maximum absolute atomic E-state index is 5.64. The molecule has 0 fully saturated rings. The minimum absolute atomic E-state index is 0.120. The lowest BCUT2D eigenvalue weighted by Gasteiger charge is -2.19. The van der Waals surface area contributed by atoms with Crippen LogP contribution in [-0.4, -0.2) is 26.6 Å². The molecule has 4 nitrogen and oxygen atoms in total. The van der Waals surface area contributed by atoms with Crippen molar-refractivity contribution in [3.8, 4) is 17.2 Å². The van der Waals surface area contributed by atoms with E-state index in [1.165, 1.54) is 0 Å². The van der Waals surface area contributed by atoms with Crippen molar-refractivity contribution in [2.45, 2.75) is 33.2 Å². The molecule has 1 rings (SSSR count). The van der Waals surface area contributed by atoms with Gasteiger partial charge in [0.25, 0.3) is 0 Å². The summed E-state index contributed by atoms with van der Waals surface area (Å²) >= 11 is 0. The standard InChI is InChI=1S/C13H20O4/c1-9(2)16-10(3)17-12-7-6-11(14-4)8-13(12)15-5/h6-10H,1-5H3. The number of ether oxygens (including phenoxy) is 4. The Morgan fingerprint density at radius 3 is 2.18 bits per heavy atom. The van der Waals surface area contributed by atoms with Crippen LogP contribution in [0.3, 0.4) is 0 Å². The molecular weight excluding hydrogens is 220 g/mol. The number of hydrogen-bond donors (Lipinski definition) is 0. The average molecular weight is 240 g/mol. The summed E-state index contributed by atoms with van der Waals surface area (Å²) in [7, 11) is 3.20. The normalized spacial score (nSPS) is 12.4. The first-order chi connectivity index (χ1) is 8.06. The van der Waals surface area contributed by atoms with Crippen LogP contribution >= 0.6 is 0 Å². The van der Waals surface area contributed by atoms with E-state index in [1.54, 1.807) is 26.4 Å². The SMILES string of the molecule is COc1ccc(OC(C)OC(C)C)c(OC)c1. The summed E-state index contributed by atoms with van der Waals surface area (Å²) in [6.07, 6.45) is -0.202. The van der Waals surface area contributed by atoms with Gasteiger partial charge in [-0.1, -0.05) is 0 Å². The summed E-state index contributed by atoms with van der Waals surface area (Å²) in [5, 5.41) is 0. The van der Waals surface area contributed by atoms with Gasteiger partial charge in [-0.3, -0.25) is 0 Å². The van der Waals surface area contributed by atoms with Crippen LogP contribution < -0.4 is 14.2 Å². The second-order valence-corrected chi connectivity index (χ2v) is 3.89. The summed E-state index contributed by atoms with van der Waals surface area (Å²) in [5.41, 5.74) is 0. The minimum Gasteiger partial charge on any atom is -0.497 e. The van der Waals surface area contributed by atoms with Crippen molar-refractivity contribution in [1.82, 2.24) is 0 Å². The van der Waals surface area contributed by atoms with E-state index in [1.807, 2.05) is 26.8 Å². The van der Waals surface area contributed by atoms with Gasteiger partial charge in [-0.05, 0) is 32.9 Å². The molecule has 0 aromatic heterocycles. The van der Waals surface area contributed by atoms with Crippen LogP contribution in [0.4, 0.5) is 0 Å². The third kappa shape index (κ3) is 4.15. The van der Waals surface area contributed by atoms with Crippen LogP contribution in [0, 0.1) is 0 Å². The predicted molar refractivity (Wildman–Crippen MR) is 65.9 cm³/mol. The second-order valence-electron chi connectivity index (χ2n) is 3.89. The molecule has 1 atom stereocenters. The molecule has 0 saturated carbocycles. The fourth-order valence-corrected chi connectivity index (χ4v) is 1.46. The molecule has 0 aliphatic rings. The molecule has 0 heterocycles. The monoisotopic (exact) mass is 240 g/mol. The Labute approximate surface area is 102 Å². The van der Waals surface area contributed by atoms with E-state index in [0.717, 1.165) is 5.75 Å². The average Bonchev–Trinajstić information content (AvgIpc) is 2.28. The van der Waals surface area contributed by atoms with Gasteiger partial charge in [0.1, 0.15) is 5.75 Å². The van der Waals surface area contributed by atoms with E-state index in [2.05, 4.69) is 0 Å². The van der Waals surface area contributed by atoms with Crippen molar-refractivity contribution in [3.63, 3.8) is 0 Å². The number of hydrogen-bond acceptors (Lipinski definition) is 4. The first-order valence-corrected chi connectivity index (χ1v) is 5.61. The molecule has 0 spiro atoms. The first-order valence-electron chi connectivity index (χ1n) is 5.61. The van der Waals surface area contributed by atoms with Crippen LogP contribution in [-0.2, 0) is 4.74 Å². The van der Waals surface area contributed by atoms with Gasteiger partial charge in [0.15, 0.2) is 17.8 Å². The van der Waals surface area contributed by atoms with Crippen LogP contribution in [0.1, 0.15) is 20.8 Å². The molecular formula is C13H20O4. The van der Waals surface area contributed by atoms with Crippen molar-refractivity contribution in [1.29, 1.82) is 0 Å². The Balaban J connectivity index is 2.76. The lowest BCUT2D eigenvalue weighted by molar-refractivity contribution is -0.0958. The summed E-state index contributed by atoms with van der Waals surface area (Å²) < 4.78 is 21.5. The summed E-state index contributed by atoms with van der Waals surface area (Å²) in [6, 6.07) is 5.40. The van der Waals surface area contributed by atoms with E-state index >= 15 is 0 Å². The zero-order chi connectivity index (χ0) is 12.8. The molecule has 0 aliphatic carbocycles. The molecule has 0 aliphatic heterocycles. The minimum atomic E-state index is -0.322. The summed E-state index contributed by atoms with van der Waals surface area (Å²) in [4.78, 5) is 0. The molecule has 0 saturated heterocycles. The fourth-order valence-electron chi connectivity index (χ4n) is 1.46. The Morgan fingerprint density at radius 1 is 0.941 bits per heavy atom. The first kappa shape index (κ1) is 13.6. The molecule has 4 heteroatoms. The molecule has 0 N–H and O–H groups in total. The number of rotatable bonds is 6. The topological polar surface area (TPSA) is 36.9 Å². The summed E-state index contributed by atoms with van der Waals surface area (Å²) in [6.45, 7) is 5.78. The van der Waals surface area contributed by atoms with Crippen LogP contribution in [0.15, 0.2) is 18.2 Å². The van der Waals surface area contributed by atoms with Crippen molar-refractivity contribution in [2.75, 3.05) is 14.2 Å². The van der Waals surface area contributed by atoms with E-state index in [9.17, 15) is 0 Å². The highest BCUT2D eigenvalue weighted by molar-refractivity contribution is 5.45. The van der Waals surface area contributed by atoms with E-state index in [-0.39, 0.29) is 12.4 Å². The third-order valence-electron chi connectivity index (χ3n) is 2.13. The lowest BCUT2D eigenvalue weighted by atomic mass is 10.3. The zero-order valence-corrected chi connectivity index (χ0v) is 11.0. The van der Waals surface area contributed by atoms with Gasteiger partial charge in [0, 0.05) is 6.07 Å². The molecule has 1 aromatic carbocycles. The van der Waals surface area contributed by atoms with Crippen molar-refractivity contribution >= 4 is 0 Å². The van der Waals surface area contributed by atoms with Gasteiger partial charge in [-0.2, -0.15) is 0 Å². The van der Waals surface area contributed by atoms with Gasteiger partial charge in [0.05, 0.1) is 20.3 Å². The van der Waals surface area contributed by atoms with Crippen molar-refractivity contribution in [2.24, 2.45) is 0 Å². The number of benzene rings is 1. The van der Waals surface area contributed by atoms with Crippen LogP contribution in [0.25, 0.3) is 0 Å². The third-order valence-corrected chi connectivity index (χ3v) is 2.13. The molecule has 17 heavy (non-hydrogen) atoms. The van der Waals surface area contributed by atoms with E-state index in [4.69, 9.17) is 18.9 Å². The van der Waals surface area contributed by atoms with Gasteiger partial charge in [-0.15, -0.1) is 0 Å². The fraction of sp³-hybridized carbons (Fsp3) is 0.538. The molecule has 0 bridgehead atoms. The Morgan fingerprint density at radius 2 is 1.65 bits per heavy atom. The van der Waals surface area contributed by atoms with Crippen LogP contribution in [0.2, 0.25) is 0 Å². The van der Waals surface area contributed by atoms with Gasteiger partial charge < -0.3 is 18.9 Å². The van der Waals surface area contributed by atoms with E-state index in [0.29, 0.717) is 11.5 Å². The molecule has 1 aromatic rings. The van der Waals surface area contributed by atoms with Crippen LogP contribution in [0.5, 0.6) is 17.2 Å². The quantitative estimate of drug-likeness (QED) is 0.716. The Hall–Kier alpha value is -1.42. The second kappa shape index (κ2) is 6.35. The highest BCUT2D eigenvalue weighted by Gasteiger charge is 2.11. The smallest absolute Gasteiger partial charge is 0.197 e. The van der Waals surface area contributed by atoms with Gasteiger partial charge >= 0.3 is 0 Å². The summed E-state index contributed by atoms with van der Waals surface area (Å²) in [5.74, 6) is 2.00. The maximum Gasteiger partial charge on any atom is 0.197 e. The molecule has 1 unspecified atom stereocenters. The number of methoxy groups -OCH3 is 2. The Kier molecular flexibility index (Phi) is 5.10. The van der Waals surface area contributed by atoms with Gasteiger partial charge in [-0.25, -0.2) is 0 Å². The highest BCUT2D eigenvalue weighted by atomic mass is 16.7. The zero-order valence-electron chi connectivity index (χ0n) is 11.0. The largest absolute Gasteiger partial charge is 0.497 e. The molecule has 0 radical (unpaired) electrons. The molecule has 96 valence electrons. The van der Waals surface area contributed by atoms with Crippen molar-refractivity contribution in [3.05, 3.63) is 18.2 Å². The Bertz CT molecular complexity index is 349. The highest BCUT2D eigenvalue weighted by Crippen LogP contribution is 2.31. The predicted octanol–water partition coefficient (Wildman–Crippen LogP) is 2.85.